The lowest BCUT2D eigenvalue weighted by Gasteiger charge is -2.27. The van der Waals surface area contributed by atoms with E-state index in [-0.39, 0.29) is 6.54 Å². The molecule has 1 saturated heterocycles. The normalized spacial score (nSPS) is 15.8. The number of nitrogens with one attached hydrogen (secondary N) is 1. The van der Waals surface area contributed by atoms with Crippen molar-refractivity contribution in [2.75, 3.05) is 18.0 Å². The molecular formula is C20H21N4O2S-. The lowest BCUT2D eigenvalue weighted by atomic mass is 10.0. The van der Waals surface area contributed by atoms with Gasteiger partial charge in [0.05, 0.1) is 17.2 Å². The van der Waals surface area contributed by atoms with E-state index in [9.17, 15) is 8.76 Å². The van der Waals surface area contributed by atoms with Gasteiger partial charge in [-0.2, -0.15) is 0 Å². The summed E-state index contributed by atoms with van der Waals surface area (Å²) in [5.74, 6) is 0.940. The van der Waals surface area contributed by atoms with Crippen LogP contribution in [0.1, 0.15) is 24.8 Å². The quantitative estimate of drug-likeness (QED) is 0.687. The molecule has 1 N–H and O–H groups in total. The van der Waals surface area contributed by atoms with Crippen LogP contribution in [0.2, 0.25) is 0 Å². The second-order valence-electron chi connectivity index (χ2n) is 6.74. The largest absolute Gasteiger partial charge is 0.760 e. The van der Waals surface area contributed by atoms with E-state index >= 15 is 0 Å². The Balaban J connectivity index is 1.64. The second kappa shape index (κ2) is 8.12. The number of anilines is 1. The van der Waals surface area contributed by atoms with E-state index in [1.165, 1.54) is 19.3 Å². The summed E-state index contributed by atoms with van der Waals surface area (Å²) in [4.78, 5) is 11.7. The van der Waals surface area contributed by atoms with E-state index in [0.717, 1.165) is 46.6 Å². The average Bonchev–Trinajstić information content (AvgIpc) is 2.72. The topological polar surface area (TPSA) is 81.2 Å². The van der Waals surface area contributed by atoms with Crippen LogP contribution in [-0.2, 0) is 17.8 Å². The lowest BCUT2D eigenvalue weighted by molar-refractivity contribution is 0.522. The van der Waals surface area contributed by atoms with Crippen LogP contribution in [0.3, 0.4) is 0 Å². The highest BCUT2D eigenvalue weighted by Gasteiger charge is 2.13. The van der Waals surface area contributed by atoms with Gasteiger partial charge in [-0.15, -0.1) is 0 Å². The van der Waals surface area contributed by atoms with Crippen LogP contribution in [0.25, 0.3) is 22.2 Å². The van der Waals surface area contributed by atoms with Crippen molar-refractivity contribution >= 4 is 28.1 Å². The molecular weight excluding hydrogens is 360 g/mol. The van der Waals surface area contributed by atoms with Crippen LogP contribution in [0.15, 0.2) is 48.7 Å². The third kappa shape index (κ3) is 4.32. The van der Waals surface area contributed by atoms with Crippen molar-refractivity contribution in [2.24, 2.45) is 0 Å². The first-order chi connectivity index (χ1) is 13.2. The number of aromatic nitrogens is 2. The minimum atomic E-state index is -2.26. The molecule has 1 aliphatic rings. The molecule has 3 aromatic rings. The fourth-order valence-corrected chi connectivity index (χ4v) is 3.74. The minimum Gasteiger partial charge on any atom is -0.760 e. The molecule has 27 heavy (non-hydrogen) atoms. The Morgan fingerprint density at radius 1 is 1.04 bits per heavy atom. The van der Waals surface area contributed by atoms with Crippen molar-refractivity contribution in [3.8, 4) is 11.1 Å². The van der Waals surface area contributed by atoms with Gasteiger partial charge in [-0.25, -0.2) is 9.71 Å². The molecule has 0 saturated carbocycles. The fraction of sp³-hybridized carbons (Fsp3) is 0.300. The maximum atomic E-state index is 10.7. The van der Waals surface area contributed by atoms with Crippen molar-refractivity contribution in [3.63, 3.8) is 0 Å². The predicted octanol–water partition coefficient (Wildman–Crippen LogP) is 3.17. The van der Waals surface area contributed by atoms with E-state index in [0.29, 0.717) is 0 Å². The lowest BCUT2D eigenvalue weighted by Crippen LogP contribution is -2.30. The molecule has 0 bridgehead atoms. The van der Waals surface area contributed by atoms with E-state index < -0.39 is 11.3 Å². The smallest absolute Gasteiger partial charge is 0.147 e. The number of rotatable bonds is 5. The maximum absolute atomic E-state index is 10.7. The molecule has 2 aromatic carbocycles. The van der Waals surface area contributed by atoms with Gasteiger partial charge in [0.2, 0.25) is 0 Å². The Hall–Kier alpha value is -2.35. The van der Waals surface area contributed by atoms with Crippen LogP contribution in [0, 0.1) is 0 Å². The van der Waals surface area contributed by atoms with E-state index in [2.05, 4.69) is 14.6 Å². The van der Waals surface area contributed by atoms with Crippen LogP contribution < -0.4 is 9.62 Å². The molecule has 1 aliphatic heterocycles. The van der Waals surface area contributed by atoms with Crippen LogP contribution >= 0.6 is 0 Å². The standard InChI is InChI=1S/C20H22N4O2S/c25-27(26)22-13-15-5-4-6-16(11-15)17-7-8-18-19(12-17)23-20(14-21-18)24-9-2-1-3-10-24/h4-8,11-12,14,22H,1-3,9-10,13H2,(H,25,26)/p-1. The van der Waals surface area contributed by atoms with Crippen molar-refractivity contribution in [1.29, 1.82) is 0 Å². The predicted molar refractivity (Wildman–Crippen MR) is 107 cm³/mol. The molecule has 0 amide bonds. The molecule has 7 heteroatoms. The second-order valence-corrected chi connectivity index (χ2v) is 7.49. The molecule has 1 fully saturated rings. The average molecular weight is 381 g/mol. The summed E-state index contributed by atoms with van der Waals surface area (Å²) < 4.78 is 23.8. The van der Waals surface area contributed by atoms with Gasteiger partial charge in [-0.3, -0.25) is 9.19 Å². The summed E-state index contributed by atoms with van der Waals surface area (Å²) >= 11 is -2.26. The molecule has 1 aromatic heterocycles. The molecule has 0 radical (unpaired) electrons. The molecule has 140 valence electrons. The summed E-state index contributed by atoms with van der Waals surface area (Å²) in [6, 6.07) is 13.9. The third-order valence-electron chi connectivity index (χ3n) is 4.86. The highest BCUT2D eigenvalue weighted by Crippen LogP contribution is 2.25. The number of benzene rings is 2. The number of nitrogens with zero attached hydrogens (tertiary/aromatic N) is 3. The van der Waals surface area contributed by atoms with Crippen molar-refractivity contribution in [3.05, 3.63) is 54.2 Å². The maximum Gasteiger partial charge on any atom is 0.147 e. The summed E-state index contributed by atoms with van der Waals surface area (Å²) in [6.45, 7) is 2.35. The van der Waals surface area contributed by atoms with Gasteiger partial charge in [0.1, 0.15) is 5.82 Å². The Bertz CT molecular complexity index is 973. The summed E-state index contributed by atoms with van der Waals surface area (Å²) in [5.41, 5.74) is 4.72. The first-order valence-electron chi connectivity index (χ1n) is 9.13. The van der Waals surface area contributed by atoms with Crippen molar-refractivity contribution in [1.82, 2.24) is 14.7 Å². The molecule has 0 aliphatic carbocycles. The van der Waals surface area contributed by atoms with Gasteiger partial charge >= 0.3 is 0 Å². The highest BCUT2D eigenvalue weighted by molar-refractivity contribution is 7.77. The van der Waals surface area contributed by atoms with Gasteiger partial charge in [-0.05, 0) is 54.2 Å². The van der Waals surface area contributed by atoms with Crippen LogP contribution in [-0.4, -0.2) is 31.8 Å². The zero-order chi connectivity index (χ0) is 18.6. The molecule has 2 heterocycles. The van der Waals surface area contributed by atoms with Crippen molar-refractivity contribution < 1.29 is 8.76 Å². The van der Waals surface area contributed by atoms with Gasteiger partial charge in [0.15, 0.2) is 0 Å². The zero-order valence-corrected chi connectivity index (χ0v) is 15.7. The van der Waals surface area contributed by atoms with E-state index in [4.69, 9.17) is 4.98 Å². The molecule has 1 unspecified atom stereocenters. The summed E-state index contributed by atoms with van der Waals surface area (Å²) in [7, 11) is 0. The van der Waals surface area contributed by atoms with E-state index in [1.807, 2.05) is 48.7 Å². The number of hydrogen-bond donors (Lipinski definition) is 1. The summed E-state index contributed by atoms with van der Waals surface area (Å²) in [5, 5.41) is 0. The minimum absolute atomic E-state index is 0.274. The molecule has 0 spiro atoms. The summed E-state index contributed by atoms with van der Waals surface area (Å²) in [6.07, 6.45) is 5.55. The SMILES string of the molecule is O=S([O-])NCc1cccc(-c2ccc3ncc(N4CCCCC4)nc3c2)c1. The molecule has 4 rings (SSSR count). The fourth-order valence-electron chi connectivity index (χ4n) is 3.46. The van der Waals surface area contributed by atoms with E-state index in [1.54, 1.807) is 0 Å². The van der Waals surface area contributed by atoms with Crippen molar-refractivity contribution in [2.45, 2.75) is 25.8 Å². The Morgan fingerprint density at radius 3 is 2.67 bits per heavy atom. The Morgan fingerprint density at radius 2 is 1.85 bits per heavy atom. The first kappa shape index (κ1) is 18.0. The number of hydrogen-bond acceptors (Lipinski definition) is 5. The zero-order valence-electron chi connectivity index (χ0n) is 14.9. The van der Waals surface area contributed by atoms with Gasteiger partial charge in [0.25, 0.3) is 0 Å². The third-order valence-corrected chi connectivity index (χ3v) is 5.24. The van der Waals surface area contributed by atoms with Gasteiger partial charge < -0.3 is 9.45 Å². The Labute approximate surface area is 161 Å². The van der Waals surface area contributed by atoms with Crippen LogP contribution in [0.4, 0.5) is 5.82 Å². The molecule has 6 nitrogen and oxygen atoms in total. The first-order valence-corrected chi connectivity index (χ1v) is 10.2. The number of fused-ring (bicyclic) bond motifs is 1. The number of piperidine rings is 1. The van der Waals surface area contributed by atoms with Gasteiger partial charge in [-0.1, -0.05) is 24.3 Å². The monoisotopic (exact) mass is 381 g/mol. The highest BCUT2D eigenvalue weighted by atomic mass is 32.2. The Kier molecular flexibility index (Phi) is 5.42. The van der Waals surface area contributed by atoms with Crippen LogP contribution in [0.5, 0.6) is 0 Å². The van der Waals surface area contributed by atoms with Gasteiger partial charge in [0, 0.05) is 30.9 Å². The molecule has 1 atom stereocenters.